The zero-order valence-electron chi connectivity index (χ0n) is 7.17. The number of nitrogens with two attached hydrogens (primary N) is 1. The average Bonchev–Trinajstić information content (AvgIpc) is 2.03. The van der Waals surface area contributed by atoms with Gasteiger partial charge in [0.15, 0.2) is 0 Å². The fourth-order valence-corrected chi connectivity index (χ4v) is 1.46. The Morgan fingerprint density at radius 3 is 3.00 bits per heavy atom. The summed E-state index contributed by atoms with van der Waals surface area (Å²) in [4.78, 5) is 4.30. The first-order chi connectivity index (χ1) is 5.75. The minimum atomic E-state index is 0.758. The average molecular weight is 160 g/mol. The summed E-state index contributed by atoms with van der Waals surface area (Å²) in [5, 5.41) is 0. The van der Waals surface area contributed by atoms with E-state index in [-0.39, 0.29) is 0 Å². The lowest BCUT2D eigenvalue weighted by Gasteiger charge is -2.12. The maximum absolute atomic E-state index is 5.65. The zero-order valence-corrected chi connectivity index (χ0v) is 7.17. The predicted octanol–water partition coefficient (Wildman–Crippen LogP) is 1.93. The van der Waals surface area contributed by atoms with Gasteiger partial charge in [0.1, 0.15) is 0 Å². The topological polar surface area (TPSA) is 38.4 Å². The summed E-state index contributed by atoms with van der Waals surface area (Å²) in [7, 11) is 0. The first-order valence-corrected chi connectivity index (χ1v) is 4.18. The van der Waals surface area contributed by atoms with Crippen molar-refractivity contribution in [1.82, 2.24) is 0 Å². The molecule has 0 amide bonds. The van der Waals surface area contributed by atoms with Gasteiger partial charge in [-0.05, 0) is 30.5 Å². The van der Waals surface area contributed by atoms with Crippen LogP contribution in [0, 0.1) is 6.92 Å². The summed E-state index contributed by atoms with van der Waals surface area (Å²) in [5.74, 6) is 0.758. The number of aryl methyl sites for hydroxylation is 2. The summed E-state index contributed by atoms with van der Waals surface area (Å²) in [6.45, 7) is 2.07. The Hall–Kier alpha value is -1.31. The smallest absolute Gasteiger partial charge is 0.0999 e. The van der Waals surface area contributed by atoms with E-state index in [1.165, 1.54) is 11.1 Å². The van der Waals surface area contributed by atoms with Crippen molar-refractivity contribution in [3.63, 3.8) is 0 Å². The van der Waals surface area contributed by atoms with Crippen molar-refractivity contribution < 1.29 is 0 Å². The fourth-order valence-electron chi connectivity index (χ4n) is 1.46. The number of benzene rings is 1. The molecule has 0 bridgehead atoms. The summed E-state index contributed by atoms with van der Waals surface area (Å²) in [5.41, 5.74) is 9.26. The van der Waals surface area contributed by atoms with Crippen molar-refractivity contribution in [3.05, 3.63) is 29.3 Å². The van der Waals surface area contributed by atoms with Crippen molar-refractivity contribution in [2.75, 3.05) is 0 Å². The highest BCUT2D eigenvalue weighted by Crippen LogP contribution is 2.25. The molecule has 12 heavy (non-hydrogen) atoms. The Labute approximate surface area is 72.1 Å². The molecule has 0 saturated carbocycles. The van der Waals surface area contributed by atoms with Crippen molar-refractivity contribution in [1.29, 1.82) is 0 Å². The van der Waals surface area contributed by atoms with Crippen molar-refractivity contribution in [2.45, 2.75) is 19.8 Å². The van der Waals surface area contributed by atoms with Crippen LogP contribution in [0.3, 0.4) is 0 Å². The van der Waals surface area contributed by atoms with E-state index < -0.39 is 0 Å². The maximum atomic E-state index is 5.65. The normalized spacial score (nSPS) is 15.2. The number of hydrogen-bond acceptors (Lipinski definition) is 2. The third-order valence-corrected chi connectivity index (χ3v) is 2.16. The Bertz CT molecular complexity index is 340. The lowest BCUT2D eigenvalue weighted by Crippen LogP contribution is -2.15. The van der Waals surface area contributed by atoms with Gasteiger partial charge in [-0.3, -0.25) is 0 Å². The SMILES string of the molecule is Cc1ccc2c(c1)N=C(N)CC2. The molecular weight excluding hydrogens is 148 g/mol. The van der Waals surface area contributed by atoms with Crippen molar-refractivity contribution in [2.24, 2.45) is 10.7 Å². The Kier molecular flexibility index (Phi) is 1.61. The molecule has 0 spiro atoms. The number of aliphatic imine (C=N–C) groups is 1. The summed E-state index contributed by atoms with van der Waals surface area (Å²) in [6.07, 6.45) is 1.93. The molecule has 1 aliphatic rings. The second kappa shape index (κ2) is 2.63. The van der Waals surface area contributed by atoms with Crippen LogP contribution in [-0.4, -0.2) is 5.84 Å². The van der Waals surface area contributed by atoms with Crippen LogP contribution in [0.15, 0.2) is 23.2 Å². The van der Waals surface area contributed by atoms with E-state index in [4.69, 9.17) is 5.73 Å². The van der Waals surface area contributed by atoms with Gasteiger partial charge in [-0.1, -0.05) is 12.1 Å². The van der Waals surface area contributed by atoms with Gasteiger partial charge in [-0.2, -0.15) is 0 Å². The summed E-state index contributed by atoms with van der Waals surface area (Å²) in [6, 6.07) is 6.35. The van der Waals surface area contributed by atoms with Gasteiger partial charge < -0.3 is 5.73 Å². The third kappa shape index (κ3) is 1.20. The number of nitrogens with zero attached hydrogens (tertiary/aromatic N) is 1. The molecule has 1 aromatic carbocycles. The maximum Gasteiger partial charge on any atom is 0.0999 e. The molecular formula is C10H12N2. The molecule has 0 saturated heterocycles. The first kappa shape index (κ1) is 7.35. The van der Waals surface area contributed by atoms with Crippen LogP contribution in [0.25, 0.3) is 0 Å². The summed E-state index contributed by atoms with van der Waals surface area (Å²) < 4.78 is 0. The van der Waals surface area contributed by atoms with Crippen LogP contribution >= 0.6 is 0 Å². The molecule has 2 N–H and O–H groups in total. The van der Waals surface area contributed by atoms with E-state index in [2.05, 4.69) is 30.1 Å². The standard InChI is InChI=1S/C10H12N2/c1-7-2-3-8-4-5-10(11)12-9(8)6-7/h2-3,6H,4-5H2,1H3,(H2,11,12). The van der Waals surface area contributed by atoms with E-state index in [1.807, 2.05) is 0 Å². The van der Waals surface area contributed by atoms with E-state index in [0.717, 1.165) is 24.4 Å². The van der Waals surface area contributed by atoms with Gasteiger partial charge in [0, 0.05) is 6.42 Å². The number of rotatable bonds is 0. The Morgan fingerprint density at radius 1 is 1.33 bits per heavy atom. The minimum absolute atomic E-state index is 0.758. The highest BCUT2D eigenvalue weighted by molar-refractivity contribution is 5.85. The molecule has 1 aromatic rings. The summed E-state index contributed by atoms with van der Waals surface area (Å²) >= 11 is 0. The van der Waals surface area contributed by atoms with E-state index in [1.54, 1.807) is 0 Å². The van der Waals surface area contributed by atoms with E-state index >= 15 is 0 Å². The fraction of sp³-hybridized carbons (Fsp3) is 0.300. The second-order valence-electron chi connectivity index (χ2n) is 3.24. The van der Waals surface area contributed by atoms with Crippen LogP contribution in [0.1, 0.15) is 17.5 Å². The van der Waals surface area contributed by atoms with Crippen molar-refractivity contribution >= 4 is 11.5 Å². The monoisotopic (exact) mass is 160 g/mol. The zero-order chi connectivity index (χ0) is 8.55. The van der Waals surface area contributed by atoms with Crippen LogP contribution < -0.4 is 5.73 Å². The molecule has 0 unspecified atom stereocenters. The van der Waals surface area contributed by atoms with Gasteiger partial charge >= 0.3 is 0 Å². The van der Waals surface area contributed by atoms with Gasteiger partial charge in [0.2, 0.25) is 0 Å². The quantitative estimate of drug-likeness (QED) is 0.618. The van der Waals surface area contributed by atoms with Gasteiger partial charge in [0.25, 0.3) is 0 Å². The van der Waals surface area contributed by atoms with Crippen LogP contribution in [-0.2, 0) is 6.42 Å². The Balaban J connectivity index is 2.53. The number of hydrogen-bond donors (Lipinski definition) is 1. The van der Waals surface area contributed by atoms with Crippen LogP contribution in [0.4, 0.5) is 5.69 Å². The van der Waals surface area contributed by atoms with Gasteiger partial charge in [0.05, 0.1) is 11.5 Å². The molecule has 0 fully saturated rings. The number of fused-ring (bicyclic) bond motifs is 1. The lowest BCUT2D eigenvalue weighted by molar-refractivity contribution is 0.994. The second-order valence-corrected chi connectivity index (χ2v) is 3.24. The third-order valence-electron chi connectivity index (χ3n) is 2.16. The molecule has 1 heterocycles. The molecule has 0 aromatic heterocycles. The number of amidine groups is 1. The molecule has 2 rings (SSSR count). The molecule has 1 aliphatic heterocycles. The molecule has 2 heteroatoms. The van der Waals surface area contributed by atoms with Gasteiger partial charge in [-0.25, -0.2) is 4.99 Å². The van der Waals surface area contributed by atoms with Gasteiger partial charge in [-0.15, -0.1) is 0 Å². The highest BCUT2D eigenvalue weighted by Gasteiger charge is 2.08. The van der Waals surface area contributed by atoms with E-state index in [9.17, 15) is 0 Å². The lowest BCUT2D eigenvalue weighted by atomic mass is 10.0. The first-order valence-electron chi connectivity index (χ1n) is 4.18. The highest BCUT2D eigenvalue weighted by atomic mass is 14.9. The molecule has 0 radical (unpaired) electrons. The largest absolute Gasteiger partial charge is 0.387 e. The molecule has 0 aliphatic carbocycles. The predicted molar refractivity (Wildman–Crippen MR) is 50.8 cm³/mol. The van der Waals surface area contributed by atoms with Crippen molar-refractivity contribution in [3.8, 4) is 0 Å². The van der Waals surface area contributed by atoms with Crippen LogP contribution in [0.2, 0.25) is 0 Å². The molecule has 0 atom stereocenters. The van der Waals surface area contributed by atoms with E-state index in [0.29, 0.717) is 0 Å². The molecule has 2 nitrogen and oxygen atoms in total. The van der Waals surface area contributed by atoms with Crippen LogP contribution in [0.5, 0.6) is 0 Å². The minimum Gasteiger partial charge on any atom is -0.387 e. The Morgan fingerprint density at radius 2 is 2.17 bits per heavy atom. The molecule has 62 valence electrons.